The molecule has 3 aromatic rings. The maximum Gasteiger partial charge on any atom is 0.319 e. The van der Waals surface area contributed by atoms with Gasteiger partial charge in [-0.15, -0.1) is 0 Å². The molecule has 41 heavy (non-hydrogen) atoms. The van der Waals surface area contributed by atoms with Gasteiger partial charge in [-0.1, -0.05) is 24.8 Å². The van der Waals surface area contributed by atoms with Gasteiger partial charge in [-0.3, -0.25) is 4.79 Å². The first kappa shape index (κ1) is 27.6. The first-order valence-corrected chi connectivity index (χ1v) is 14.7. The Morgan fingerprint density at radius 1 is 1.15 bits per heavy atom. The number of nitrogens with zero attached hydrogens (tertiary/aromatic N) is 5. The van der Waals surface area contributed by atoms with Crippen LogP contribution in [0.5, 0.6) is 6.01 Å². The highest BCUT2D eigenvalue weighted by Crippen LogP contribution is 2.39. The Hall–Kier alpha value is -3.59. The molecule has 1 aromatic heterocycles. The SMILES string of the molecule is C=CC(=O)N1CCN(c2nc(OCC3CCCN3C)nc3c(F)c(-c4cccc5c4CCCC5)c(F)cc23)C(C)C1. The second-order valence-corrected chi connectivity index (χ2v) is 11.5. The number of hydrogen-bond donors (Lipinski definition) is 0. The smallest absolute Gasteiger partial charge is 0.319 e. The van der Waals surface area contributed by atoms with Crippen molar-refractivity contribution in [2.75, 3.05) is 44.7 Å². The van der Waals surface area contributed by atoms with Gasteiger partial charge in [0.1, 0.15) is 23.8 Å². The van der Waals surface area contributed by atoms with Crippen molar-refractivity contribution in [2.24, 2.45) is 0 Å². The number of piperazine rings is 1. The lowest BCUT2D eigenvalue weighted by Crippen LogP contribution is -2.53. The van der Waals surface area contributed by atoms with Crippen molar-refractivity contribution in [2.45, 2.75) is 57.5 Å². The molecule has 2 atom stereocenters. The zero-order valence-corrected chi connectivity index (χ0v) is 23.8. The van der Waals surface area contributed by atoms with Crippen molar-refractivity contribution in [3.05, 3.63) is 59.7 Å². The number of likely N-dealkylation sites (tertiary alicyclic amines) is 1. The molecule has 0 spiro atoms. The Labute approximate surface area is 239 Å². The van der Waals surface area contributed by atoms with Crippen LogP contribution in [0.3, 0.4) is 0 Å². The number of ether oxygens (including phenoxy) is 1. The Morgan fingerprint density at radius 3 is 2.73 bits per heavy atom. The third-order valence-electron chi connectivity index (χ3n) is 8.97. The van der Waals surface area contributed by atoms with E-state index in [-0.39, 0.29) is 35.1 Å². The van der Waals surface area contributed by atoms with Crippen LogP contribution < -0.4 is 9.64 Å². The van der Waals surface area contributed by atoms with Crippen LogP contribution in [0, 0.1) is 11.6 Å². The van der Waals surface area contributed by atoms with Crippen molar-refractivity contribution >= 4 is 22.6 Å². The number of aryl methyl sites for hydroxylation is 1. The molecular formula is C32H37F2N5O2. The molecule has 2 saturated heterocycles. The van der Waals surface area contributed by atoms with Crippen LogP contribution in [0.25, 0.3) is 22.0 Å². The molecule has 7 nitrogen and oxygen atoms in total. The van der Waals surface area contributed by atoms with Gasteiger partial charge in [0.25, 0.3) is 0 Å². The van der Waals surface area contributed by atoms with Crippen LogP contribution in [0.1, 0.15) is 43.7 Å². The normalized spacial score (nSPS) is 21.3. The van der Waals surface area contributed by atoms with Gasteiger partial charge < -0.3 is 19.4 Å². The van der Waals surface area contributed by atoms with Gasteiger partial charge in [0.2, 0.25) is 5.91 Å². The van der Waals surface area contributed by atoms with E-state index < -0.39 is 11.6 Å². The van der Waals surface area contributed by atoms with Gasteiger partial charge in [0, 0.05) is 37.1 Å². The Balaban J connectivity index is 1.46. The fraction of sp³-hybridized carbons (Fsp3) is 0.469. The Morgan fingerprint density at radius 2 is 1.98 bits per heavy atom. The van der Waals surface area contributed by atoms with Crippen LogP contribution in [0.2, 0.25) is 0 Å². The van der Waals surface area contributed by atoms with Crippen LogP contribution in [0.15, 0.2) is 36.9 Å². The van der Waals surface area contributed by atoms with E-state index in [1.165, 1.54) is 12.1 Å². The number of rotatable bonds is 6. The molecule has 2 aliphatic heterocycles. The highest BCUT2D eigenvalue weighted by molar-refractivity contribution is 5.94. The van der Waals surface area contributed by atoms with E-state index in [0.29, 0.717) is 43.0 Å². The maximum atomic E-state index is 16.6. The molecule has 2 fully saturated rings. The lowest BCUT2D eigenvalue weighted by Gasteiger charge is -2.40. The molecule has 0 saturated carbocycles. The molecule has 3 heterocycles. The fourth-order valence-electron chi connectivity index (χ4n) is 6.67. The first-order valence-electron chi connectivity index (χ1n) is 14.7. The quantitative estimate of drug-likeness (QED) is 0.388. The molecule has 9 heteroatoms. The van der Waals surface area contributed by atoms with Crippen LogP contribution in [-0.2, 0) is 17.6 Å². The predicted molar refractivity (Wildman–Crippen MR) is 156 cm³/mol. The van der Waals surface area contributed by atoms with E-state index in [9.17, 15) is 4.79 Å². The summed E-state index contributed by atoms with van der Waals surface area (Å²) < 4.78 is 38.6. The minimum absolute atomic E-state index is 0.0446. The lowest BCUT2D eigenvalue weighted by atomic mass is 9.85. The van der Waals surface area contributed by atoms with Gasteiger partial charge in [0.15, 0.2) is 5.82 Å². The number of aromatic nitrogens is 2. The summed E-state index contributed by atoms with van der Waals surface area (Å²) in [6.45, 7) is 8.31. The topological polar surface area (TPSA) is 61.8 Å². The Bertz CT molecular complexity index is 1490. The van der Waals surface area contributed by atoms with Gasteiger partial charge in [-0.25, -0.2) is 8.78 Å². The van der Waals surface area contributed by atoms with Gasteiger partial charge in [-0.2, -0.15) is 9.97 Å². The monoisotopic (exact) mass is 561 g/mol. The molecule has 0 N–H and O–H groups in total. The van der Waals surface area contributed by atoms with E-state index in [4.69, 9.17) is 9.72 Å². The van der Waals surface area contributed by atoms with Gasteiger partial charge in [0.05, 0.1) is 5.56 Å². The summed E-state index contributed by atoms with van der Waals surface area (Å²) >= 11 is 0. The number of hydrogen-bond acceptors (Lipinski definition) is 6. The van der Waals surface area contributed by atoms with Gasteiger partial charge >= 0.3 is 6.01 Å². The summed E-state index contributed by atoms with van der Waals surface area (Å²) in [5, 5.41) is 0.300. The number of carbonyl (C=O) groups is 1. The maximum absolute atomic E-state index is 16.6. The van der Waals surface area contributed by atoms with E-state index in [1.54, 1.807) is 4.90 Å². The molecular weight excluding hydrogens is 524 g/mol. The predicted octanol–water partition coefficient (Wildman–Crippen LogP) is 5.15. The van der Waals surface area contributed by atoms with E-state index in [2.05, 4.69) is 29.6 Å². The number of benzene rings is 2. The zero-order chi connectivity index (χ0) is 28.7. The average molecular weight is 562 g/mol. The highest BCUT2D eigenvalue weighted by atomic mass is 19.1. The molecule has 1 amide bonds. The molecule has 2 unspecified atom stereocenters. The van der Waals surface area contributed by atoms with E-state index in [0.717, 1.165) is 56.2 Å². The third kappa shape index (κ3) is 5.16. The van der Waals surface area contributed by atoms with E-state index in [1.807, 2.05) is 24.0 Å². The molecule has 3 aliphatic rings. The molecule has 6 rings (SSSR count). The summed E-state index contributed by atoms with van der Waals surface area (Å²) in [6, 6.07) is 7.28. The number of carbonyl (C=O) groups excluding carboxylic acids is 1. The highest BCUT2D eigenvalue weighted by Gasteiger charge is 2.31. The fourth-order valence-corrected chi connectivity index (χ4v) is 6.67. The molecule has 0 radical (unpaired) electrons. The van der Waals surface area contributed by atoms with Crippen LogP contribution in [-0.4, -0.2) is 77.6 Å². The lowest BCUT2D eigenvalue weighted by molar-refractivity contribution is -0.126. The molecule has 0 bridgehead atoms. The summed E-state index contributed by atoms with van der Waals surface area (Å²) in [7, 11) is 2.06. The second-order valence-electron chi connectivity index (χ2n) is 11.5. The minimum Gasteiger partial charge on any atom is -0.462 e. The van der Waals surface area contributed by atoms with Gasteiger partial charge in [-0.05, 0) is 87.9 Å². The summed E-state index contributed by atoms with van der Waals surface area (Å²) in [5.74, 6) is -1.05. The van der Waals surface area contributed by atoms with Crippen LogP contribution >= 0.6 is 0 Å². The third-order valence-corrected chi connectivity index (χ3v) is 8.97. The van der Waals surface area contributed by atoms with Crippen molar-refractivity contribution in [1.29, 1.82) is 0 Å². The number of likely N-dealkylation sites (N-methyl/N-ethyl adjacent to an activating group) is 1. The molecule has 2 aromatic carbocycles. The largest absolute Gasteiger partial charge is 0.462 e. The Kier molecular flexibility index (Phi) is 7.64. The van der Waals surface area contributed by atoms with Crippen molar-refractivity contribution in [3.8, 4) is 17.1 Å². The van der Waals surface area contributed by atoms with Crippen molar-refractivity contribution in [1.82, 2.24) is 19.8 Å². The molecule has 216 valence electrons. The standard InChI is InChI=1S/C32H37F2N5O2/c1-4-27(40)38-15-16-39(20(2)18-38)31-25-17-26(33)28(24-13-7-10-21-9-5-6-12-23(21)24)29(34)30(25)35-32(36-31)41-19-22-11-8-14-37(22)3/h4,7,10,13,17,20,22H,1,5-6,8-9,11-12,14-16,18-19H2,2-3H3. The first-order chi connectivity index (χ1) is 19.9. The second kappa shape index (κ2) is 11.4. The number of fused-ring (bicyclic) bond motifs is 2. The average Bonchev–Trinajstić information content (AvgIpc) is 3.40. The number of amides is 1. The summed E-state index contributed by atoms with van der Waals surface area (Å²) in [6.07, 6.45) is 7.21. The summed E-state index contributed by atoms with van der Waals surface area (Å²) in [5.41, 5.74) is 2.77. The minimum atomic E-state index is -0.696. The number of anilines is 1. The molecule has 1 aliphatic carbocycles. The summed E-state index contributed by atoms with van der Waals surface area (Å²) in [4.78, 5) is 27.5. The van der Waals surface area contributed by atoms with Crippen molar-refractivity contribution < 1.29 is 18.3 Å². The van der Waals surface area contributed by atoms with Crippen molar-refractivity contribution in [3.63, 3.8) is 0 Å². The van der Waals surface area contributed by atoms with Crippen LogP contribution in [0.4, 0.5) is 14.6 Å². The zero-order valence-electron chi connectivity index (χ0n) is 23.8. The number of halogens is 2. The van der Waals surface area contributed by atoms with E-state index >= 15 is 8.78 Å².